The van der Waals surface area contributed by atoms with E-state index in [-0.39, 0.29) is 30.3 Å². The third kappa shape index (κ3) is 7.72. The lowest BCUT2D eigenvalue weighted by molar-refractivity contribution is -0.255. The molecule has 0 bridgehead atoms. The van der Waals surface area contributed by atoms with Crippen molar-refractivity contribution in [3.8, 4) is 11.1 Å². The van der Waals surface area contributed by atoms with Gasteiger partial charge in [-0.25, -0.2) is 13.1 Å². The molecule has 7 rings (SSSR count). The van der Waals surface area contributed by atoms with E-state index in [0.29, 0.717) is 13.2 Å². The van der Waals surface area contributed by atoms with Gasteiger partial charge in [0.25, 0.3) is 0 Å². The molecule has 3 saturated heterocycles. The van der Waals surface area contributed by atoms with E-state index < -0.39 is 22.1 Å². The number of sulfonamides is 1. The number of aliphatic hydroxyl groups is 1. The minimum Gasteiger partial charge on any atom is -0.392 e. The Morgan fingerprint density at radius 1 is 0.771 bits per heavy atom. The molecule has 3 fully saturated rings. The van der Waals surface area contributed by atoms with Crippen LogP contribution >= 0.6 is 0 Å². The predicted molar refractivity (Wildman–Crippen MR) is 181 cm³/mol. The van der Waals surface area contributed by atoms with Gasteiger partial charge in [-0.15, -0.1) is 0 Å². The zero-order valence-corrected chi connectivity index (χ0v) is 27.7. The Kier molecular flexibility index (Phi) is 10.0. The quantitative estimate of drug-likeness (QED) is 0.221. The van der Waals surface area contributed by atoms with Gasteiger partial charge in [0.05, 0.1) is 36.9 Å². The maximum atomic E-state index is 12.7. The topological polar surface area (TPSA) is 107 Å². The summed E-state index contributed by atoms with van der Waals surface area (Å²) in [6, 6.07) is 32.4. The molecular formula is C38H42N2O7S. The third-order valence-corrected chi connectivity index (χ3v) is 10.9. The molecule has 0 saturated carbocycles. The van der Waals surface area contributed by atoms with Crippen LogP contribution in [0.5, 0.6) is 0 Å². The second-order valence-corrected chi connectivity index (χ2v) is 14.5. The molecule has 252 valence electrons. The van der Waals surface area contributed by atoms with Gasteiger partial charge >= 0.3 is 0 Å². The standard InChI is InChI=1S/C38H42N2O7S/c41-27-28-9-11-31(12-10-28)36-24-34(26-40-19-17-38(18-20-40)44-21-22-45-38)46-37(47-36)32-15-13-30(14-16-32)33-6-4-5-29(23-33)25-39-48(42,43)35-7-2-1-3-8-35/h1-16,23,34,36-37,39,41H,17-22,24-27H2. The minimum atomic E-state index is -3.60. The number of likely N-dealkylation sites (tertiary alicyclic amines) is 1. The Morgan fingerprint density at radius 2 is 1.48 bits per heavy atom. The summed E-state index contributed by atoms with van der Waals surface area (Å²) in [5.41, 5.74) is 5.72. The molecule has 3 aliphatic heterocycles. The SMILES string of the molecule is O=S(=O)(NCc1cccc(-c2ccc(C3OC(CN4CCC5(CC4)OCCO5)CC(c4ccc(CO)cc4)O3)cc2)c1)c1ccccc1. The van der Waals surface area contributed by atoms with Crippen molar-refractivity contribution in [3.63, 3.8) is 0 Å². The van der Waals surface area contributed by atoms with Gasteiger partial charge in [-0.05, 0) is 46.0 Å². The highest BCUT2D eigenvalue weighted by Crippen LogP contribution is 2.39. The van der Waals surface area contributed by atoms with Crippen molar-refractivity contribution in [2.75, 3.05) is 32.8 Å². The Bertz CT molecular complexity index is 1750. The number of benzene rings is 4. The van der Waals surface area contributed by atoms with Crippen LogP contribution in [0.4, 0.5) is 0 Å². The van der Waals surface area contributed by atoms with Crippen molar-refractivity contribution in [1.82, 2.24) is 9.62 Å². The predicted octanol–water partition coefficient (Wildman–Crippen LogP) is 5.71. The van der Waals surface area contributed by atoms with Crippen molar-refractivity contribution < 1.29 is 32.5 Å². The smallest absolute Gasteiger partial charge is 0.240 e. The Morgan fingerprint density at radius 3 is 2.19 bits per heavy atom. The van der Waals surface area contributed by atoms with Gasteiger partial charge in [-0.3, -0.25) is 0 Å². The molecule has 0 aliphatic carbocycles. The molecule has 48 heavy (non-hydrogen) atoms. The molecule has 1 spiro atoms. The maximum Gasteiger partial charge on any atom is 0.240 e. The fourth-order valence-corrected chi connectivity index (χ4v) is 7.78. The normalized spacial score (nSPS) is 23.0. The highest BCUT2D eigenvalue weighted by molar-refractivity contribution is 7.89. The number of ether oxygens (including phenoxy) is 4. The van der Waals surface area contributed by atoms with E-state index >= 15 is 0 Å². The van der Waals surface area contributed by atoms with Gasteiger partial charge in [0, 0.05) is 51.0 Å². The second kappa shape index (κ2) is 14.6. The molecule has 4 aromatic carbocycles. The minimum absolute atomic E-state index is 0.00258. The summed E-state index contributed by atoms with van der Waals surface area (Å²) < 4.78 is 53.2. The van der Waals surface area contributed by atoms with Crippen LogP contribution in [0, 0.1) is 0 Å². The van der Waals surface area contributed by atoms with Crippen molar-refractivity contribution >= 4 is 10.0 Å². The first-order valence-electron chi connectivity index (χ1n) is 16.6. The number of rotatable bonds is 10. The first kappa shape index (κ1) is 33.1. The molecule has 3 atom stereocenters. The van der Waals surface area contributed by atoms with Gasteiger partial charge in [0.2, 0.25) is 10.0 Å². The third-order valence-electron chi connectivity index (χ3n) is 9.47. The Hall–Kier alpha value is -3.45. The van der Waals surface area contributed by atoms with E-state index in [1.165, 1.54) is 0 Å². The number of nitrogens with zero attached hydrogens (tertiary/aromatic N) is 1. The summed E-state index contributed by atoms with van der Waals surface area (Å²) >= 11 is 0. The van der Waals surface area contributed by atoms with Crippen LogP contribution in [0.2, 0.25) is 0 Å². The molecule has 4 aromatic rings. The van der Waals surface area contributed by atoms with Crippen LogP contribution in [0.15, 0.2) is 108 Å². The molecule has 3 heterocycles. The highest BCUT2D eigenvalue weighted by atomic mass is 32.2. The first-order valence-corrected chi connectivity index (χ1v) is 18.1. The molecule has 0 radical (unpaired) electrons. The molecule has 3 aliphatic rings. The average molecular weight is 671 g/mol. The Balaban J connectivity index is 1.04. The van der Waals surface area contributed by atoms with Crippen LogP contribution in [0.3, 0.4) is 0 Å². The summed E-state index contributed by atoms with van der Waals surface area (Å²) in [7, 11) is -3.60. The second-order valence-electron chi connectivity index (χ2n) is 12.7. The van der Waals surface area contributed by atoms with E-state index in [1.54, 1.807) is 30.3 Å². The van der Waals surface area contributed by atoms with Crippen molar-refractivity contribution in [2.45, 2.75) is 61.6 Å². The Labute approximate surface area is 282 Å². The fraction of sp³-hybridized carbons (Fsp3) is 0.368. The van der Waals surface area contributed by atoms with Gasteiger partial charge in [0.1, 0.15) is 0 Å². The van der Waals surface area contributed by atoms with E-state index in [9.17, 15) is 13.5 Å². The zero-order chi connectivity index (χ0) is 33.0. The lowest BCUT2D eigenvalue weighted by Gasteiger charge is -2.41. The fourth-order valence-electron chi connectivity index (χ4n) is 6.74. The van der Waals surface area contributed by atoms with E-state index in [0.717, 1.165) is 72.3 Å². The molecule has 2 N–H and O–H groups in total. The van der Waals surface area contributed by atoms with Crippen molar-refractivity contribution in [3.05, 3.63) is 125 Å². The lowest BCUT2D eigenvalue weighted by Crippen LogP contribution is -2.48. The van der Waals surface area contributed by atoms with E-state index in [1.807, 2.05) is 60.7 Å². The van der Waals surface area contributed by atoms with Crippen LogP contribution in [0.1, 0.15) is 53.9 Å². The summed E-state index contributed by atoms with van der Waals surface area (Å²) in [6.45, 7) is 4.10. The van der Waals surface area contributed by atoms with Crippen LogP contribution in [-0.4, -0.2) is 63.2 Å². The summed E-state index contributed by atoms with van der Waals surface area (Å²) in [6.07, 6.45) is 1.69. The molecule has 0 aromatic heterocycles. The van der Waals surface area contributed by atoms with Gasteiger partial charge < -0.3 is 29.0 Å². The van der Waals surface area contributed by atoms with Crippen LogP contribution in [0.25, 0.3) is 11.1 Å². The average Bonchev–Trinajstić information content (AvgIpc) is 3.60. The van der Waals surface area contributed by atoms with Crippen LogP contribution < -0.4 is 4.72 Å². The number of hydrogen-bond donors (Lipinski definition) is 2. The van der Waals surface area contributed by atoms with Crippen molar-refractivity contribution in [2.24, 2.45) is 0 Å². The van der Waals surface area contributed by atoms with Gasteiger partial charge in [0.15, 0.2) is 12.1 Å². The largest absolute Gasteiger partial charge is 0.392 e. The summed E-state index contributed by atoms with van der Waals surface area (Å²) in [5, 5.41) is 9.55. The number of piperidine rings is 1. The lowest BCUT2D eigenvalue weighted by atomic mass is 9.98. The zero-order valence-electron chi connectivity index (χ0n) is 26.9. The molecular weight excluding hydrogens is 628 g/mol. The number of aliphatic hydroxyl groups excluding tert-OH is 1. The van der Waals surface area contributed by atoms with Crippen molar-refractivity contribution in [1.29, 1.82) is 0 Å². The number of nitrogens with one attached hydrogen (secondary N) is 1. The number of hydrogen-bond acceptors (Lipinski definition) is 8. The highest BCUT2D eigenvalue weighted by Gasteiger charge is 2.41. The van der Waals surface area contributed by atoms with Gasteiger partial charge in [-0.1, -0.05) is 84.9 Å². The molecule has 10 heteroatoms. The molecule has 9 nitrogen and oxygen atoms in total. The molecule has 0 amide bonds. The molecule has 3 unspecified atom stereocenters. The monoisotopic (exact) mass is 670 g/mol. The van der Waals surface area contributed by atoms with Crippen LogP contribution in [-0.2, 0) is 42.1 Å². The van der Waals surface area contributed by atoms with E-state index in [2.05, 4.69) is 21.8 Å². The first-order chi connectivity index (χ1) is 23.4. The van der Waals surface area contributed by atoms with E-state index in [4.69, 9.17) is 18.9 Å². The maximum absolute atomic E-state index is 12.7. The summed E-state index contributed by atoms with van der Waals surface area (Å²) in [5.74, 6) is -0.413. The van der Waals surface area contributed by atoms with Gasteiger partial charge in [-0.2, -0.15) is 0 Å². The summed E-state index contributed by atoms with van der Waals surface area (Å²) in [4.78, 5) is 2.68.